The zero-order chi connectivity index (χ0) is 27.9. The average Bonchev–Trinajstić information content (AvgIpc) is 3.40. The molecule has 1 aliphatic rings. The number of halogens is 4. The summed E-state index contributed by atoms with van der Waals surface area (Å²) in [7, 11) is 1.32. The molecule has 0 amide bonds. The highest BCUT2D eigenvalue weighted by Crippen LogP contribution is 2.46. The minimum atomic E-state index is -4.49. The number of nitrogens with one attached hydrogen (secondary N) is 1. The van der Waals surface area contributed by atoms with E-state index in [4.69, 9.17) is 4.74 Å². The Labute approximate surface area is 234 Å². The van der Waals surface area contributed by atoms with Gasteiger partial charge in [0.15, 0.2) is 0 Å². The summed E-state index contributed by atoms with van der Waals surface area (Å²) in [6.45, 7) is 1.85. The number of rotatable bonds is 5. The number of methoxy groups -OCH3 is 1. The zero-order valence-corrected chi connectivity index (χ0v) is 23.2. The molecule has 3 aromatic heterocycles. The number of carbonyl (C=O) groups excluding carboxylic acids is 1. The van der Waals surface area contributed by atoms with Crippen LogP contribution in [0.1, 0.15) is 50.5 Å². The van der Waals surface area contributed by atoms with Crippen LogP contribution in [0.4, 0.5) is 24.8 Å². The van der Waals surface area contributed by atoms with Crippen molar-refractivity contribution in [2.45, 2.75) is 38.0 Å². The second-order valence-corrected chi connectivity index (χ2v) is 11.0. The Kier molecular flexibility index (Phi) is 7.21. The third kappa shape index (κ3) is 5.28. The lowest BCUT2D eigenvalue weighted by atomic mass is 9.79. The molecule has 12 heteroatoms. The summed E-state index contributed by atoms with van der Waals surface area (Å²) in [4.78, 5) is 25.9. The number of anilines is 2. The van der Waals surface area contributed by atoms with E-state index in [1.165, 1.54) is 18.4 Å². The lowest BCUT2D eigenvalue weighted by molar-refractivity contribution is -0.137. The molecule has 0 saturated carbocycles. The highest BCUT2D eigenvalue weighted by Gasteiger charge is 2.40. The Balaban J connectivity index is 1.47. The van der Waals surface area contributed by atoms with Gasteiger partial charge < -0.3 is 15.2 Å². The van der Waals surface area contributed by atoms with E-state index in [1.807, 2.05) is 13.0 Å². The molecule has 0 spiro atoms. The van der Waals surface area contributed by atoms with Crippen LogP contribution in [0.2, 0.25) is 0 Å². The van der Waals surface area contributed by atoms with Crippen LogP contribution in [0.25, 0.3) is 10.6 Å². The minimum absolute atomic E-state index is 0.0175. The third-order valence-electron chi connectivity index (χ3n) is 6.48. The van der Waals surface area contributed by atoms with Gasteiger partial charge in [-0.3, -0.25) is 0 Å². The molecule has 4 aromatic rings. The van der Waals surface area contributed by atoms with Gasteiger partial charge in [0.05, 0.1) is 28.8 Å². The number of esters is 1. The quantitative estimate of drug-likeness (QED) is 0.238. The van der Waals surface area contributed by atoms with E-state index >= 15 is 0 Å². The number of nitrogens with zero attached hydrogens (tertiary/aromatic N) is 3. The van der Waals surface area contributed by atoms with Crippen LogP contribution in [-0.2, 0) is 22.9 Å². The lowest BCUT2D eigenvalue weighted by Gasteiger charge is -2.33. The van der Waals surface area contributed by atoms with Crippen LogP contribution in [0.5, 0.6) is 0 Å². The topological polar surface area (TPSA) is 97.2 Å². The fraction of sp³-hybridized carbons (Fsp3) is 0.259. The molecule has 0 radical (unpaired) electrons. The fourth-order valence-corrected chi connectivity index (χ4v) is 6.36. The summed E-state index contributed by atoms with van der Waals surface area (Å²) in [5, 5.41) is 15.2. The number of hydrogen-bond acceptors (Lipinski definition) is 8. The maximum atomic E-state index is 13.1. The standard InChI is InChI=1S/C27H22BrF3N4O3S/c1-14-10-19(34-22(11-14)35-21-12-15(7-9-32-21)27(29,30)31)20-13-33-25(39-20)26(37)8-3-4-16-18(26)6-5-17(23(16)28)24(36)38-2/h5-7,9-13,37H,3-4,8H2,1-2H3,(H,32,34,35)/t26-/m0/s1. The number of carbonyl (C=O) groups is 1. The van der Waals surface area contributed by atoms with Crippen LogP contribution in [0.3, 0.4) is 0 Å². The van der Waals surface area contributed by atoms with Gasteiger partial charge >= 0.3 is 12.1 Å². The molecule has 2 N–H and O–H groups in total. The van der Waals surface area contributed by atoms with Crippen LogP contribution >= 0.6 is 27.3 Å². The van der Waals surface area contributed by atoms with Crippen molar-refractivity contribution in [2.24, 2.45) is 0 Å². The summed E-state index contributed by atoms with van der Waals surface area (Å²) in [5.41, 5.74) is 1.09. The van der Waals surface area contributed by atoms with Crippen molar-refractivity contribution < 1.29 is 27.8 Å². The Morgan fingerprint density at radius 3 is 2.72 bits per heavy atom. The second kappa shape index (κ2) is 10.3. The largest absolute Gasteiger partial charge is 0.465 e. The molecule has 202 valence electrons. The highest BCUT2D eigenvalue weighted by atomic mass is 79.9. The first-order valence-corrected chi connectivity index (χ1v) is 13.5. The Hall–Kier alpha value is -3.35. The number of aliphatic hydroxyl groups is 1. The van der Waals surface area contributed by atoms with Gasteiger partial charge in [-0.25, -0.2) is 19.7 Å². The van der Waals surface area contributed by atoms with Gasteiger partial charge in [-0.15, -0.1) is 11.3 Å². The number of thiazole rings is 1. The number of ether oxygens (including phenoxy) is 1. The Bertz CT molecular complexity index is 1580. The SMILES string of the molecule is COC(=O)c1ccc2c(c1Br)CCC[C@@]2(O)c1ncc(-c2cc(C)cc(Nc3cc(C(F)(F)F)ccn3)n2)s1. The smallest absolute Gasteiger partial charge is 0.416 e. The highest BCUT2D eigenvalue weighted by molar-refractivity contribution is 9.10. The fourth-order valence-electron chi connectivity index (χ4n) is 4.65. The van der Waals surface area contributed by atoms with E-state index in [0.717, 1.165) is 29.5 Å². The normalized spacial score (nSPS) is 17.0. The molecular formula is C27H22BrF3N4O3S. The molecule has 0 fully saturated rings. The number of alkyl halides is 3. The number of aryl methyl sites for hydroxylation is 1. The van der Waals surface area contributed by atoms with Gasteiger partial charge in [0, 0.05) is 16.9 Å². The second-order valence-electron chi connectivity index (χ2n) is 9.16. The summed E-state index contributed by atoms with van der Waals surface area (Å²) in [6, 6.07) is 8.73. The molecule has 1 atom stereocenters. The molecule has 1 aromatic carbocycles. The summed E-state index contributed by atoms with van der Waals surface area (Å²) < 4.78 is 44.8. The van der Waals surface area contributed by atoms with Crippen molar-refractivity contribution in [1.82, 2.24) is 15.0 Å². The van der Waals surface area contributed by atoms with Crippen molar-refractivity contribution in [2.75, 3.05) is 12.4 Å². The van der Waals surface area contributed by atoms with Crippen LogP contribution in [0.15, 0.2) is 53.3 Å². The van der Waals surface area contributed by atoms with Crippen molar-refractivity contribution in [3.8, 4) is 10.6 Å². The molecular weight excluding hydrogens is 597 g/mol. The Morgan fingerprint density at radius 1 is 1.18 bits per heavy atom. The van der Waals surface area contributed by atoms with E-state index in [2.05, 4.69) is 36.2 Å². The van der Waals surface area contributed by atoms with Gasteiger partial charge in [0.1, 0.15) is 22.2 Å². The van der Waals surface area contributed by atoms with Gasteiger partial charge in [0.25, 0.3) is 0 Å². The minimum Gasteiger partial charge on any atom is -0.465 e. The summed E-state index contributed by atoms with van der Waals surface area (Å²) >= 11 is 4.80. The van der Waals surface area contributed by atoms with Crippen molar-refractivity contribution >= 4 is 44.9 Å². The van der Waals surface area contributed by atoms with E-state index in [-0.39, 0.29) is 5.82 Å². The van der Waals surface area contributed by atoms with Crippen LogP contribution in [0, 0.1) is 6.92 Å². The van der Waals surface area contributed by atoms with Crippen LogP contribution < -0.4 is 5.32 Å². The summed E-state index contributed by atoms with van der Waals surface area (Å²) in [5.74, 6) is -0.123. The van der Waals surface area contributed by atoms with Gasteiger partial charge in [-0.1, -0.05) is 6.07 Å². The van der Waals surface area contributed by atoms with Gasteiger partial charge in [-0.2, -0.15) is 13.2 Å². The van der Waals surface area contributed by atoms with Gasteiger partial charge in [0.2, 0.25) is 0 Å². The number of fused-ring (bicyclic) bond motifs is 1. The number of pyridine rings is 2. The molecule has 0 unspecified atom stereocenters. The molecule has 0 bridgehead atoms. The molecule has 3 heterocycles. The molecule has 7 nitrogen and oxygen atoms in total. The van der Waals surface area contributed by atoms with Crippen molar-refractivity contribution in [3.63, 3.8) is 0 Å². The third-order valence-corrected chi connectivity index (χ3v) is 8.56. The first-order chi connectivity index (χ1) is 18.5. The molecule has 1 aliphatic carbocycles. The maximum Gasteiger partial charge on any atom is 0.416 e. The predicted molar refractivity (Wildman–Crippen MR) is 144 cm³/mol. The van der Waals surface area contributed by atoms with E-state index < -0.39 is 23.3 Å². The van der Waals surface area contributed by atoms with E-state index in [1.54, 1.807) is 24.4 Å². The lowest BCUT2D eigenvalue weighted by Crippen LogP contribution is -2.32. The Morgan fingerprint density at radius 2 is 1.97 bits per heavy atom. The maximum absolute atomic E-state index is 13.1. The average molecular weight is 619 g/mol. The zero-order valence-electron chi connectivity index (χ0n) is 20.8. The van der Waals surface area contributed by atoms with Crippen molar-refractivity contribution in [1.29, 1.82) is 0 Å². The number of aromatic nitrogens is 3. The van der Waals surface area contributed by atoms with Crippen LogP contribution in [-0.4, -0.2) is 33.1 Å². The van der Waals surface area contributed by atoms with E-state index in [9.17, 15) is 23.1 Å². The first kappa shape index (κ1) is 27.2. The predicted octanol–water partition coefficient (Wildman–Crippen LogP) is 6.79. The molecule has 0 saturated heterocycles. The first-order valence-electron chi connectivity index (χ1n) is 11.9. The number of benzene rings is 1. The number of hydrogen-bond donors (Lipinski definition) is 2. The van der Waals surface area contributed by atoms with Crippen molar-refractivity contribution in [3.05, 3.63) is 86.1 Å². The van der Waals surface area contributed by atoms with E-state index in [0.29, 0.717) is 56.3 Å². The monoisotopic (exact) mass is 618 g/mol. The molecule has 5 rings (SSSR count). The molecule has 0 aliphatic heterocycles. The summed E-state index contributed by atoms with van der Waals surface area (Å²) in [6.07, 6.45) is 0.0384. The van der Waals surface area contributed by atoms with Gasteiger partial charge in [-0.05, 0) is 89.1 Å². The molecule has 39 heavy (non-hydrogen) atoms.